The van der Waals surface area contributed by atoms with E-state index in [1.54, 1.807) is 20.8 Å². The van der Waals surface area contributed by atoms with Crippen molar-refractivity contribution < 1.29 is 13.2 Å². The Morgan fingerprint density at radius 1 is 1.09 bits per heavy atom. The molecule has 11 heteroatoms. The summed E-state index contributed by atoms with van der Waals surface area (Å²) < 4.78 is 27.9. The van der Waals surface area contributed by atoms with Crippen molar-refractivity contribution in [3.05, 3.63) is 67.8 Å². The molecule has 0 saturated heterocycles. The molecule has 3 aromatic rings. The molecule has 1 heterocycles. The topological polar surface area (TPSA) is 121 Å². The van der Waals surface area contributed by atoms with Crippen LogP contribution < -0.4 is 16.6 Å². The van der Waals surface area contributed by atoms with Crippen molar-refractivity contribution in [3.8, 4) is 0 Å². The summed E-state index contributed by atoms with van der Waals surface area (Å²) in [4.78, 5) is 39.9. The highest BCUT2D eigenvalue weighted by Gasteiger charge is 2.23. The number of carbonyl (C=O) groups excluding carboxylic acids is 1. The van der Waals surface area contributed by atoms with Gasteiger partial charge in [-0.25, -0.2) is 13.2 Å². The van der Waals surface area contributed by atoms with Crippen molar-refractivity contribution in [2.75, 3.05) is 18.4 Å². The minimum absolute atomic E-state index is 0.00357. The lowest BCUT2D eigenvalue weighted by atomic mass is 10.1. The van der Waals surface area contributed by atoms with Gasteiger partial charge in [0.1, 0.15) is 0 Å². The van der Waals surface area contributed by atoms with E-state index in [0.29, 0.717) is 13.1 Å². The Hall–Kier alpha value is -2.95. The normalized spacial score (nSPS) is 11.8. The Balaban J connectivity index is 1.98. The molecule has 0 spiro atoms. The molecule has 9 nitrogen and oxygen atoms in total. The van der Waals surface area contributed by atoms with Crippen LogP contribution in [0.1, 0.15) is 31.1 Å². The Kier molecular flexibility index (Phi) is 6.87. The van der Waals surface area contributed by atoms with Crippen molar-refractivity contribution in [2.45, 2.75) is 32.2 Å². The van der Waals surface area contributed by atoms with Crippen LogP contribution in [0, 0.1) is 0 Å². The second-order valence-electron chi connectivity index (χ2n) is 6.93. The maximum absolute atomic E-state index is 12.8. The average molecular weight is 479 g/mol. The lowest BCUT2D eigenvalue weighted by Crippen LogP contribution is -2.34. The number of anilines is 1. The standard InChI is InChI=1S/C21H23ClN4O5S/c1-4-25(5-2)32(30,31)14-8-10-16(22)18(12-14)23-19(27)13-7-9-15-17(11-13)24-21(29)26(6-3)20(15)28/h7-12H,4-6H2,1-3H3,(H,23,27)(H,24,29). The number of hydrogen-bond acceptors (Lipinski definition) is 5. The zero-order chi connectivity index (χ0) is 23.6. The van der Waals surface area contributed by atoms with Crippen molar-refractivity contribution in [1.29, 1.82) is 0 Å². The summed E-state index contributed by atoms with van der Waals surface area (Å²) in [6.45, 7) is 5.98. The van der Waals surface area contributed by atoms with Crippen LogP contribution >= 0.6 is 11.6 Å². The van der Waals surface area contributed by atoms with Crippen molar-refractivity contribution in [2.24, 2.45) is 0 Å². The largest absolute Gasteiger partial charge is 0.328 e. The van der Waals surface area contributed by atoms with E-state index in [4.69, 9.17) is 11.6 Å². The zero-order valence-electron chi connectivity index (χ0n) is 17.8. The summed E-state index contributed by atoms with van der Waals surface area (Å²) in [7, 11) is -3.74. The van der Waals surface area contributed by atoms with E-state index in [0.717, 1.165) is 4.57 Å². The van der Waals surface area contributed by atoms with Gasteiger partial charge in [-0.2, -0.15) is 4.31 Å². The number of aromatic amines is 1. The number of hydrogen-bond donors (Lipinski definition) is 2. The third-order valence-corrected chi connectivity index (χ3v) is 7.46. The van der Waals surface area contributed by atoms with Gasteiger partial charge in [0.25, 0.3) is 11.5 Å². The van der Waals surface area contributed by atoms with Gasteiger partial charge in [-0.1, -0.05) is 25.4 Å². The lowest BCUT2D eigenvalue weighted by Gasteiger charge is -2.19. The molecule has 1 amide bonds. The molecule has 0 unspecified atom stereocenters. The fourth-order valence-electron chi connectivity index (χ4n) is 3.35. The SMILES string of the molecule is CCN(CC)S(=O)(=O)c1ccc(Cl)c(NC(=O)c2ccc3c(=O)n(CC)c(=O)[nH]c3c2)c1. The van der Waals surface area contributed by atoms with Crippen molar-refractivity contribution in [3.63, 3.8) is 0 Å². The summed E-state index contributed by atoms with van der Waals surface area (Å²) in [5.74, 6) is -0.577. The van der Waals surface area contributed by atoms with E-state index in [-0.39, 0.29) is 38.6 Å². The monoisotopic (exact) mass is 478 g/mol. The first kappa shape index (κ1) is 23.7. The minimum atomic E-state index is -3.74. The molecule has 0 fully saturated rings. The van der Waals surface area contributed by atoms with Gasteiger partial charge in [0, 0.05) is 25.2 Å². The maximum atomic E-state index is 12.8. The zero-order valence-corrected chi connectivity index (χ0v) is 19.4. The summed E-state index contributed by atoms with van der Waals surface area (Å²) in [5.41, 5.74) is -0.508. The minimum Gasteiger partial charge on any atom is -0.321 e. The van der Waals surface area contributed by atoms with Crippen LogP contribution in [0.2, 0.25) is 5.02 Å². The van der Waals surface area contributed by atoms with E-state index in [2.05, 4.69) is 10.3 Å². The molecule has 0 saturated carbocycles. The van der Waals surface area contributed by atoms with Gasteiger partial charge >= 0.3 is 5.69 Å². The first-order valence-corrected chi connectivity index (χ1v) is 11.8. The van der Waals surface area contributed by atoms with E-state index in [9.17, 15) is 22.8 Å². The number of nitrogens with one attached hydrogen (secondary N) is 2. The molecule has 0 bridgehead atoms. The highest BCUT2D eigenvalue weighted by molar-refractivity contribution is 7.89. The Morgan fingerprint density at radius 3 is 2.41 bits per heavy atom. The van der Waals surface area contributed by atoms with Crippen molar-refractivity contribution >= 4 is 44.1 Å². The number of fused-ring (bicyclic) bond motifs is 1. The molecular weight excluding hydrogens is 456 g/mol. The van der Waals surface area contributed by atoms with E-state index >= 15 is 0 Å². The first-order valence-electron chi connectivity index (χ1n) is 10.0. The van der Waals surface area contributed by atoms with Crippen LogP contribution in [0.5, 0.6) is 0 Å². The number of halogens is 1. The van der Waals surface area contributed by atoms with Gasteiger partial charge < -0.3 is 10.3 Å². The fraction of sp³-hybridized carbons (Fsp3) is 0.286. The number of rotatable bonds is 7. The van der Waals surface area contributed by atoms with Crippen molar-refractivity contribution in [1.82, 2.24) is 13.9 Å². The number of amides is 1. The van der Waals surface area contributed by atoms with Gasteiger partial charge in [0.05, 0.1) is 26.5 Å². The molecule has 2 aromatic carbocycles. The number of benzene rings is 2. The van der Waals surface area contributed by atoms with Gasteiger partial charge in [-0.05, 0) is 43.3 Å². The highest BCUT2D eigenvalue weighted by atomic mass is 35.5. The van der Waals surface area contributed by atoms with E-state index in [1.807, 2.05) is 0 Å². The molecular formula is C21H23ClN4O5S. The number of sulfonamides is 1. The van der Waals surface area contributed by atoms with Crippen LogP contribution in [-0.2, 0) is 16.6 Å². The number of nitrogens with zero attached hydrogens (tertiary/aromatic N) is 2. The summed E-state index contributed by atoms with van der Waals surface area (Å²) in [6.07, 6.45) is 0. The molecule has 0 radical (unpaired) electrons. The van der Waals surface area contributed by atoms with Crippen LogP contribution in [0.4, 0.5) is 5.69 Å². The molecule has 0 aliphatic rings. The number of carbonyl (C=O) groups is 1. The molecule has 0 atom stereocenters. The van der Waals surface area contributed by atoms with Crippen LogP contribution in [-0.4, -0.2) is 41.3 Å². The summed E-state index contributed by atoms with van der Waals surface area (Å²) in [5, 5.41) is 3.04. The molecule has 1 aromatic heterocycles. The van der Waals surface area contributed by atoms with E-state index in [1.165, 1.54) is 40.7 Å². The Labute approximate surface area is 189 Å². The predicted molar refractivity (Wildman–Crippen MR) is 124 cm³/mol. The number of aromatic nitrogens is 2. The molecule has 170 valence electrons. The lowest BCUT2D eigenvalue weighted by molar-refractivity contribution is 0.102. The van der Waals surface area contributed by atoms with E-state index < -0.39 is 27.2 Å². The fourth-order valence-corrected chi connectivity index (χ4v) is 5.00. The molecule has 0 aliphatic heterocycles. The molecule has 2 N–H and O–H groups in total. The third-order valence-electron chi connectivity index (χ3n) is 5.09. The number of H-pyrrole nitrogens is 1. The Morgan fingerprint density at radius 2 is 1.78 bits per heavy atom. The van der Waals surface area contributed by atoms with Gasteiger partial charge in [-0.15, -0.1) is 0 Å². The Bertz CT molecular complexity index is 1410. The summed E-state index contributed by atoms with van der Waals surface area (Å²) in [6, 6.07) is 8.37. The van der Waals surface area contributed by atoms with Crippen LogP contribution in [0.25, 0.3) is 10.9 Å². The van der Waals surface area contributed by atoms with Gasteiger partial charge in [0.15, 0.2) is 0 Å². The van der Waals surface area contributed by atoms with Crippen LogP contribution in [0.3, 0.4) is 0 Å². The molecule has 0 aliphatic carbocycles. The summed E-state index contributed by atoms with van der Waals surface area (Å²) >= 11 is 6.18. The predicted octanol–water partition coefficient (Wildman–Crippen LogP) is 2.65. The second kappa shape index (κ2) is 9.27. The first-order chi connectivity index (χ1) is 15.1. The third kappa shape index (κ3) is 4.34. The highest BCUT2D eigenvalue weighted by Crippen LogP contribution is 2.27. The molecule has 32 heavy (non-hydrogen) atoms. The second-order valence-corrected chi connectivity index (χ2v) is 9.27. The maximum Gasteiger partial charge on any atom is 0.328 e. The quantitative estimate of drug-likeness (QED) is 0.540. The molecule has 3 rings (SSSR count). The average Bonchev–Trinajstić information content (AvgIpc) is 2.75. The van der Waals surface area contributed by atoms with Gasteiger partial charge in [-0.3, -0.25) is 14.2 Å². The van der Waals surface area contributed by atoms with Crippen LogP contribution in [0.15, 0.2) is 50.9 Å². The smallest absolute Gasteiger partial charge is 0.321 e. The van der Waals surface area contributed by atoms with Gasteiger partial charge in [0.2, 0.25) is 10.0 Å².